The zero-order valence-corrected chi connectivity index (χ0v) is 14.3. The second-order valence-corrected chi connectivity index (χ2v) is 7.78. The van der Waals surface area contributed by atoms with Crippen LogP contribution >= 0.6 is 27.3 Å². The van der Waals surface area contributed by atoms with Gasteiger partial charge in [-0.05, 0) is 70.1 Å². The Bertz CT molecular complexity index is 1240. The molecule has 1 heterocycles. The number of benzene rings is 4. The third-order valence-electron chi connectivity index (χ3n) is 4.31. The molecular formula is C20H10BrFS. The lowest BCUT2D eigenvalue weighted by Crippen LogP contribution is -1.77. The molecule has 0 unspecified atom stereocenters. The van der Waals surface area contributed by atoms with Gasteiger partial charge in [0.2, 0.25) is 0 Å². The average molecular weight is 381 g/mol. The molecule has 0 aliphatic carbocycles. The number of rotatable bonds is 0. The number of thiophene rings is 1. The molecule has 0 aliphatic heterocycles. The molecule has 0 atom stereocenters. The van der Waals surface area contributed by atoms with E-state index in [1.165, 1.54) is 37.0 Å². The summed E-state index contributed by atoms with van der Waals surface area (Å²) in [6.45, 7) is 0. The zero-order valence-electron chi connectivity index (χ0n) is 11.9. The van der Waals surface area contributed by atoms with E-state index in [0.717, 1.165) is 15.2 Å². The standard InChI is InChI=1S/C20H10BrFS/c21-15-3-1-11-7-17-18-8-14-6-16(22)4-2-12(14)9-19(18)23-20(17)10-13(11)5-15/h1-10H. The molecule has 5 rings (SSSR count). The van der Waals surface area contributed by atoms with E-state index in [0.29, 0.717) is 0 Å². The van der Waals surface area contributed by atoms with E-state index >= 15 is 0 Å². The molecule has 110 valence electrons. The van der Waals surface area contributed by atoms with E-state index in [4.69, 9.17) is 0 Å². The van der Waals surface area contributed by atoms with Gasteiger partial charge in [0.25, 0.3) is 0 Å². The van der Waals surface area contributed by atoms with Gasteiger partial charge in [0.05, 0.1) is 0 Å². The lowest BCUT2D eigenvalue weighted by Gasteiger charge is -2.01. The van der Waals surface area contributed by atoms with Crippen LogP contribution in [0.3, 0.4) is 0 Å². The molecule has 5 aromatic rings. The van der Waals surface area contributed by atoms with Gasteiger partial charge in [0.1, 0.15) is 5.82 Å². The first-order valence-corrected chi connectivity index (χ1v) is 8.93. The Kier molecular flexibility index (Phi) is 2.79. The summed E-state index contributed by atoms with van der Waals surface area (Å²) in [6, 6.07) is 20.1. The van der Waals surface area contributed by atoms with E-state index in [1.807, 2.05) is 6.07 Å². The molecule has 3 heteroatoms. The van der Waals surface area contributed by atoms with Crippen LogP contribution in [-0.2, 0) is 0 Å². The summed E-state index contributed by atoms with van der Waals surface area (Å²) in [6.07, 6.45) is 0. The van der Waals surface area contributed by atoms with Crippen molar-refractivity contribution in [1.29, 1.82) is 0 Å². The van der Waals surface area contributed by atoms with E-state index in [-0.39, 0.29) is 5.82 Å². The van der Waals surface area contributed by atoms with E-state index in [2.05, 4.69) is 58.4 Å². The molecule has 0 bridgehead atoms. The Labute approximate surface area is 144 Å². The predicted molar refractivity (Wildman–Crippen MR) is 102 cm³/mol. The quantitative estimate of drug-likeness (QED) is 0.265. The summed E-state index contributed by atoms with van der Waals surface area (Å²) >= 11 is 5.33. The lowest BCUT2D eigenvalue weighted by atomic mass is 10.0. The van der Waals surface area contributed by atoms with E-state index < -0.39 is 0 Å². The maximum atomic E-state index is 13.5. The highest BCUT2D eigenvalue weighted by atomic mass is 79.9. The molecule has 0 spiro atoms. The Morgan fingerprint density at radius 2 is 1.26 bits per heavy atom. The summed E-state index contributed by atoms with van der Waals surface area (Å²) in [7, 11) is 0. The van der Waals surface area contributed by atoms with Crippen molar-refractivity contribution in [3.8, 4) is 0 Å². The third-order valence-corrected chi connectivity index (χ3v) is 5.92. The van der Waals surface area contributed by atoms with Gasteiger partial charge < -0.3 is 0 Å². The van der Waals surface area contributed by atoms with Gasteiger partial charge in [0.15, 0.2) is 0 Å². The van der Waals surface area contributed by atoms with E-state index in [1.54, 1.807) is 17.4 Å². The molecule has 0 saturated carbocycles. The van der Waals surface area contributed by atoms with Gasteiger partial charge in [0, 0.05) is 24.6 Å². The van der Waals surface area contributed by atoms with Crippen LogP contribution in [0.15, 0.2) is 65.1 Å². The second kappa shape index (κ2) is 4.76. The van der Waals surface area contributed by atoms with Crippen molar-refractivity contribution in [2.75, 3.05) is 0 Å². The lowest BCUT2D eigenvalue weighted by molar-refractivity contribution is 0.630. The molecule has 1 aromatic heterocycles. The topological polar surface area (TPSA) is 0 Å². The molecule has 0 radical (unpaired) electrons. The maximum absolute atomic E-state index is 13.5. The molecule has 0 N–H and O–H groups in total. The molecule has 4 aromatic carbocycles. The highest BCUT2D eigenvalue weighted by Crippen LogP contribution is 2.39. The molecule has 23 heavy (non-hydrogen) atoms. The highest BCUT2D eigenvalue weighted by Gasteiger charge is 2.09. The van der Waals surface area contributed by atoms with Crippen LogP contribution in [0.2, 0.25) is 0 Å². The Morgan fingerprint density at radius 1 is 0.652 bits per heavy atom. The van der Waals surface area contributed by atoms with Crippen molar-refractivity contribution in [3.63, 3.8) is 0 Å². The first kappa shape index (κ1) is 13.5. The second-order valence-electron chi connectivity index (χ2n) is 5.78. The number of hydrogen-bond donors (Lipinski definition) is 0. The minimum atomic E-state index is -0.188. The molecule has 0 nitrogen and oxygen atoms in total. The summed E-state index contributed by atoms with van der Waals surface area (Å²) in [4.78, 5) is 0. The van der Waals surface area contributed by atoms with E-state index in [9.17, 15) is 4.39 Å². The van der Waals surface area contributed by atoms with Gasteiger partial charge in [-0.3, -0.25) is 0 Å². The summed E-state index contributed by atoms with van der Waals surface area (Å²) in [5, 5.41) is 6.93. The monoisotopic (exact) mass is 380 g/mol. The normalized spacial score (nSPS) is 11.9. The maximum Gasteiger partial charge on any atom is 0.123 e. The SMILES string of the molecule is Fc1ccc2cc3sc4cc5cc(Br)ccc5cc4c3cc2c1. The van der Waals surface area contributed by atoms with Crippen LogP contribution in [0.4, 0.5) is 4.39 Å². The van der Waals surface area contributed by atoms with Crippen molar-refractivity contribution < 1.29 is 4.39 Å². The molecule has 0 aliphatic rings. The Morgan fingerprint density at radius 3 is 2.09 bits per heavy atom. The Hall–Kier alpha value is -1.97. The Balaban J connectivity index is 1.94. The van der Waals surface area contributed by atoms with Crippen LogP contribution in [0, 0.1) is 5.82 Å². The largest absolute Gasteiger partial charge is 0.207 e. The predicted octanol–water partition coefficient (Wildman–Crippen LogP) is 7.26. The fourth-order valence-electron chi connectivity index (χ4n) is 3.20. The van der Waals surface area contributed by atoms with Crippen LogP contribution in [-0.4, -0.2) is 0 Å². The third kappa shape index (κ3) is 2.07. The molecular weight excluding hydrogens is 371 g/mol. The fraction of sp³-hybridized carbons (Fsp3) is 0. The van der Waals surface area contributed by atoms with Crippen molar-refractivity contribution in [2.24, 2.45) is 0 Å². The van der Waals surface area contributed by atoms with Gasteiger partial charge in [-0.15, -0.1) is 11.3 Å². The number of hydrogen-bond acceptors (Lipinski definition) is 1. The number of halogens is 2. The van der Waals surface area contributed by atoms with Crippen LogP contribution < -0.4 is 0 Å². The number of fused-ring (bicyclic) bond motifs is 5. The average Bonchev–Trinajstić information content (AvgIpc) is 2.87. The van der Waals surface area contributed by atoms with Crippen LogP contribution in [0.1, 0.15) is 0 Å². The summed E-state index contributed by atoms with van der Waals surface area (Å²) in [5.74, 6) is -0.188. The van der Waals surface area contributed by atoms with Gasteiger partial charge in [-0.2, -0.15) is 0 Å². The van der Waals surface area contributed by atoms with Crippen molar-refractivity contribution in [2.45, 2.75) is 0 Å². The summed E-state index contributed by atoms with van der Waals surface area (Å²) in [5.41, 5.74) is 0. The highest BCUT2D eigenvalue weighted by molar-refractivity contribution is 9.10. The van der Waals surface area contributed by atoms with Crippen molar-refractivity contribution in [3.05, 3.63) is 71.0 Å². The van der Waals surface area contributed by atoms with Crippen molar-refractivity contribution in [1.82, 2.24) is 0 Å². The first-order valence-electron chi connectivity index (χ1n) is 7.32. The fourth-order valence-corrected chi connectivity index (χ4v) is 4.75. The first-order chi connectivity index (χ1) is 11.2. The minimum Gasteiger partial charge on any atom is -0.207 e. The minimum absolute atomic E-state index is 0.188. The van der Waals surface area contributed by atoms with Gasteiger partial charge >= 0.3 is 0 Å². The zero-order chi connectivity index (χ0) is 15.6. The molecule has 0 amide bonds. The van der Waals surface area contributed by atoms with Crippen LogP contribution in [0.5, 0.6) is 0 Å². The molecule has 0 saturated heterocycles. The van der Waals surface area contributed by atoms with Crippen molar-refractivity contribution >= 4 is 69.0 Å². The smallest absolute Gasteiger partial charge is 0.123 e. The van der Waals surface area contributed by atoms with Gasteiger partial charge in [-0.1, -0.05) is 28.1 Å². The van der Waals surface area contributed by atoms with Gasteiger partial charge in [-0.25, -0.2) is 4.39 Å². The molecule has 0 fully saturated rings. The summed E-state index contributed by atoms with van der Waals surface area (Å²) < 4.78 is 17.1. The van der Waals surface area contributed by atoms with Crippen LogP contribution in [0.25, 0.3) is 41.7 Å².